The van der Waals surface area contributed by atoms with Gasteiger partial charge in [0.05, 0.1) is 11.1 Å². The molecule has 0 unspecified atom stereocenters. The first kappa shape index (κ1) is 20.6. The monoisotopic (exact) mass is 434 g/mol. The average Bonchev–Trinajstić information content (AvgIpc) is 3.05. The van der Waals surface area contributed by atoms with Gasteiger partial charge in [-0.05, 0) is 48.6 Å². The highest BCUT2D eigenvalue weighted by Gasteiger charge is 2.37. The third kappa shape index (κ3) is 4.47. The first-order valence-electron chi connectivity index (χ1n) is 7.62. The van der Waals surface area contributed by atoms with E-state index in [2.05, 4.69) is 22.9 Å². The van der Waals surface area contributed by atoms with Crippen molar-refractivity contribution in [3.8, 4) is 11.3 Å². The van der Waals surface area contributed by atoms with Crippen molar-refractivity contribution in [3.05, 3.63) is 52.8 Å². The molecule has 29 heavy (non-hydrogen) atoms. The molecule has 0 spiro atoms. The summed E-state index contributed by atoms with van der Waals surface area (Å²) in [6, 6.07) is 3.30. The van der Waals surface area contributed by atoms with Crippen LogP contribution in [0.3, 0.4) is 0 Å². The van der Waals surface area contributed by atoms with Crippen molar-refractivity contribution >= 4 is 35.2 Å². The number of furan rings is 1. The molecule has 0 atom stereocenters. The Balaban J connectivity index is 2.02. The number of alkyl halides is 6. The van der Waals surface area contributed by atoms with Gasteiger partial charge in [-0.3, -0.25) is 20.2 Å². The summed E-state index contributed by atoms with van der Waals surface area (Å²) in [5.74, 6) is -2.13. The molecule has 1 aliphatic heterocycles. The number of halogens is 6. The molecule has 152 valence electrons. The Bertz CT molecular complexity index is 998. The molecule has 0 bridgehead atoms. The Morgan fingerprint density at radius 1 is 0.862 bits per heavy atom. The molecule has 2 heterocycles. The summed E-state index contributed by atoms with van der Waals surface area (Å²) in [5.41, 5.74) is -3.88. The molecule has 2 N–H and O–H groups in total. The predicted molar refractivity (Wildman–Crippen MR) is 91.0 cm³/mol. The van der Waals surface area contributed by atoms with Crippen LogP contribution in [0, 0.1) is 0 Å². The number of thiocarbonyl (C=S) groups is 1. The van der Waals surface area contributed by atoms with Crippen molar-refractivity contribution < 1.29 is 40.3 Å². The van der Waals surface area contributed by atoms with Crippen LogP contribution in [0.4, 0.5) is 26.3 Å². The quantitative estimate of drug-likeness (QED) is 0.326. The number of rotatable bonds is 2. The molecule has 12 heteroatoms. The van der Waals surface area contributed by atoms with Gasteiger partial charge < -0.3 is 4.42 Å². The van der Waals surface area contributed by atoms with Gasteiger partial charge in [0.25, 0.3) is 11.8 Å². The lowest BCUT2D eigenvalue weighted by atomic mass is 10.0. The van der Waals surface area contributed by atoms with Crippen molar-refractivity contribution in [1.29, 1.82) is 0 Å². The summed E-state index contributed by atoms with van der Waals surface area (Å²) in [6.45, 7) is 0. The Morgan fingerprint density at radius 2 is 1.38 bits per heavy atom. The standard InChI is InChI=1S/C17H8F6N2O3S/c18-16(19,20)8-3-7(4-9(5-8)17(21,22)23)12-2-1-10(28-12)6-11-13(26)24-15(29)25-14(11)27/h1-6H,(H2,24,25,26,27,29). The number of carbonyl (C=O) groups is 2. The van der Waals surface area contributed by atoms with Crippen molar-refractivity contribution in [2.75, 3.05) is 0 Å². The SMILES string of the molecule is O=C1NC(=S)NC(=O)C1=Cc1ccc(-c2cc(C(F)(F)F)cc(C(F)(F)F)c2)o1. The van der Waals surface area contributed by atoms with Crippen LogP contribution in [0.1, 0.15) is 16.9 Å². The van der Waals surface area contributed by atoms with Crippen LogP contribution in [0.2, 0.25) is 0 Å². The Morgan fingerprint density at radius 3 is 1.86 bits per heavy atom. The minimum atomic E-state index is -5.01. The average molecular weight is 434 g/mol. The van der Waals surface area contributed by atoms with Gasteiger partial charge >= 0.3 is 12.4 Å². The molecule has 2 aromatic rings. The zero-order valence-corrected chi connectivity index (χ0v) is 14.7. The van der Waals surface area contributed by atoms with E-state index in [1.165, 1.54) is 6.07 Å². The van der Waals surface area contributed by atoms with Gasteiger partial charge in [0.1, 0.15) is 17.1 Å². The van der Waals surface area contributed by atoms with Crippen molar-refractivity contribution in [2.24, 2.45) is 0 Å². The fraction of sp³-hybridized carbons (Fsp3) is 0.118. The van der Waals surface area contributed by atoms with E-state index in [9.17, 15) is 35.9 Å². The molecule has 1 aromatic carbocycles. The number of amides is 2. The van der Waals surface area contributed by atoms with E-state index in [1.807, 2.05) is 0 Å². The van der Waals surface area contributed by atoms with Crippen LogP contribution in [-0.4, -0.2) is 16.9 Å². The van der Waals surface area contributed by atoms with Gasteiger partial charge in [-0.15, -0.1) is 0 Å². The van der Waals surface area contributed by atoms with Crippen molar-refractivity contribution in [3.63, 3.8) is 0 Å². The molecule has 2 amide bonds. The smallest absolute Gasteiger partial charge is 0.416 e. The highest BCUT2D eigenvalue weighted by atomic mass is 32.1. The second kappa shape index (κ2) is 7.03. The third-order valence-corrected chi connectivity index (χ3v) is 3.93. The van der Waals surface area contributed by atoms with E-state index >= 15 is 0 Å². The molecule has 3 rings (SSSR count). The summed E-state index contributed by atoms with van der Waals surface area (Å²) in [7, 11) is 0. The molecule has 0 aliphatic carbocycles. The molecule has 1 aromatic heterocycles. The van der Waals surface area contributed by atoms with Crippen LogP contribution < -0.4 is 10.6 Å². The summed E-state index contributed by atoms with van der Waals surface area (Å²) >= 11 is 4.63. The maximum absolute atomic E-state index is 13.0. The van der Waals surface area contributed by atoms with Crippen LogP contribution in [0.15, 0.2) is 40.3 Å². The fourth-order valence-electron chi connectivity index (χ4n) is 2.43. The molecule has 1 saturated heterocycles. The maximum atomic E-state index is 13.0. The van der Waals surface area contributed by atoms with Gasteiger partial charge in [-0.25, -0.2) is 0 Å². The lowest BCUT2D eigenvalue weighted by Gasteiger charge is -2.15. The van der Waals surface area contributed by atoms with Crippen LogP contribution in [-0.2, 0) is 21.9 Å². The molecule has 0 saturated carbocycles. The van der Waals surface area contributed by atoms with Crippen molar-refractivity contribution in [2.45, 2.75) is 12.4 Å². The Kier molecular flexibility index (Phi) is 4.99. The molecular weight excluding hydrogens is 426 g/mol. The van der Waals surface area contributed by atoms with Crippen LogP contribution >= 0.6 is 12.2 Å². The van der Waals surface area contributed by atoms with Gasteiger partial charge in [0.2, 0.25) is 0 Å². The van der Waals surface area contributed by atoms with E-state index in [-0.39, 0.29) is 22.7 Å². The Labute approximate surface area is 163 Å². The number of hydrogen-bond acceptors (Lipinski definition) is 4. The zero-order chi connectivity index (χ0) is 21.6. The van der Waals surface area contributed by atoms with Crippen molar-refractivity contribution in [1.82, 2.24) is 10.6 Å². The first-order chi connectivity index (χ1) is 13.3. The number of nitrogens with one attached hydrogen (secondary N) is 2. The summed E-state index contributed by atoms with van der Waals surface area (Å²) in [6.07, 6.45) is -9.04. The minimum Gasteiger partial charge on any atom is -0.457 e. The Hall–Kier alpha value is -3.15. The fourth-order valence-corrected chi connectivity index (χ4v) is 2.62. The van der Waals surface area contributed by atoms with E-state index in [1.54, 1.807) is 0 Å². The second-order valence-corrected chi connectivity index (χ2v) is 6.20. The van der Waals surface area contributed by atoms with Gasteiger partial charge in [-0.1, -0.05) is 0 Å². The summed E-state index contributed by atoms with van der Waals surface area (Å²) in [4.78, 5) is 23.6. The number of hydrogen-bond donors (Lipinski definition) is 2. The summed E-state index contributed by atoms with van der Waals surface area (Å²) < 4.78 is 83.1. The largest absolute Gasteiger partial charge is 0.457 e. The maximum Gasteiger partial charge on any atom is 0.416 e. The number of carbonyl (C=O) groups excluding carboxylic acids is 2. The molecule has 1 fully saturated rings. The second-order valence-electron chi connectivity index (χ2n) is 5.79. The molecular formula is C17H8F6N2O3S. The predicted octanol–water partition coefficient (Wildman–Crippen LogP) is 3.90. The highest BCUT2D eigenvalue weighted by Crippen LogP contribution is 2.39. The lowest BCUT2D eigenvalue weighted by molar-refractivity contribution is -0.143. The lowest BCUT2D eigenvalue weighted by Crippen LogP contribution is -2.51. The highest BCUT2D eigenvalue weighted by molar-refractivity contribution is 7.80. The topological polar surface area (TPSA) is 71.3 Å². The number of benzene rings is 1. The molecule has 5 nitrogen and oxygen atoms in total. The van der Waals surface area contributed by atoms with E-state index in [0.29, 0.717) is 12.1 Å². The van der Waals surface area contributed by atoms with Gasteiger partial charge in [-0.2, -0.15) is 26.3 Å². The normalized spacial score (nSPS) is 15.2. The molecule has 0 radical (unpaired) electrons. The van der Waals surface area contributed by atoms with Gasteiger partial charge in [0.15, 0.2) is 5.11 Å². The van der Waals surface area contributed by atoms with E-state index in [0.717, 1.165) is 12.1 Å². The first-order valence-corrected chi connectivity index (χ1v) is 8.03. The zero-order valence-electron chi connectivity index (χ0n) is 13.9. The van der Waals surface area contributed by atoms with Crippen LogP contribution in [0.25, 0.3) is 17.4 Å². The minimum absolute atomic E-state index is 0.00504. The summed E-state index contributed by atoms with van der Waals surface area (Å²) in [5, 5.41) is 4.13. The van der Waals surface area contributed by atoms with Crippen LogP contribution in [0.5, 0.6) is 0 Å². The van der Waals surface area contributed by atoms with Gasteiger partial charge in [0, 0.05) is 5.56 Å². The molecule has 1 aliphatic rings. The van der Waals surface area contributed by atoms with E-state index in [4.69, 9.17) is 4.42 Å². The van der Waals surface area contributed by atoms with E-state index < -0.39 is 46.4 Å². The third-order valence-electron chi connectivity index (χ3n) is 3.73.